The Labute approximate surface area is 171 Å². The average molecular weight is 393 g/mol. The molecule has 0 spiro atoms. The third-order valence-corrected chi connectivity index (χ3v) is 5.74. The van der Waals surface area contributed by atoms with Crippen LogP contribution in [0.15, 0.2) is 22.6 Å². The van der Waals surface area contributed by atoms with Crippen LogP contribution < -0.4 is 5.43 Å². The number of hydrogen-bond acceptors (Lipinski definition) is 3. The van der Waals surface area contributed by atoms with Crippen LogP contribution in [0.4, 0.5) is 0 Å². The highest BCUT2D eigenvalue weighted by Gasteiger charge is 1.99. The van der Waals surface area contributed by atoms with Gasteiger partial charge in [0, 0.05) is 11.3 Å². The van der Waals surface area contributed by atoms with E-state index in [2.05, 4.69) is 17.5 Å². The van der Waals surface area contributed by atoms with E-state index in [9.17, 15) is 4.79 Å². The zero-order chi connectivity index (χ0) is 19.4. The summed E-state index contributed by atoms with van der Waals surface area (Å²) in [6.07, 6.45) is 22.5. The first-order valence-corrected chi connectivity index (χ1v) is 12.1. The van der Waals surface area contributed by atoms with Crippen LogP contribution in [-0.2, 0) is 4.79 Å². The first-order chi connectivity index (χ1) is 13.3. The normalized spacial score (nSPS) is 11.3. The molecule has 0 bridgehead atoms. The van der Waals surface area contributed by atoms with Gasteiger partial charge in [0.25, 0.3) is 0 Å². The Hall–Kier alpha value is -1.16. The number of rotatable bonds is 18. The van der Waals surface area contributed by atoms with Crippen LogP contribution in [0, 0.1) is 0 Å². The van der Waals surface area contributed by atoms with Crippen LogP contribution >= 0.6 is 11.3 Å². The van der Waals surface area contributed by atoms with Gasteiger partial charge in [0.1, 0.15) is 0 Å². The molecule has 0 atom stereocenters. The molecule has 154 valence electrons. The molecule has 1 heterocycles. The maximum absolute atomic E-state index is 11.7. The van der Waals surface area contributed by atoms with Crippen molar-refractivity contribution in [2.75, 3.05) is 0 Å². The van der Waals surface area contributed by atoms with Crippen LogP contribution in [0.1, 0.15) is 115 Å². The summed E-state index contributed by atoms with van der Waals surface area (Å²) < 4.78 is 0. The van der Waals surface area contributed by atoms with E-state index in [1.54, 1.807) is 17.6 Å². The topological polar surface area (TPSA) is 41.5 Å². The van der Waals surface area contributed by atoms with Gasteiger partial charge in [-0.3, -0.25) is 4.79 Å². The van der Waals surface area contributed by atoms with Gasteiger partial charge in [0.15, 0.2) is 0 Å². The molecule has 0 aliphatic carbocycles. The first-order valence-electron chi connectivity index (χ1n) is 11.2. The number of unbranched alkanes of at least 4 members (excludes halogenated alkanes) is 14. The molecule has 0 aliphatic heterocycles. The third-order valence-electron chi connectivity index (χ3n) is 4.93. The molecule has 0 aromatic carbocycles. The molecule has 1 amide bonds. The van der Waals surface area contributed by atoms with E-state index < -0.39 is 0 Å². The summed E-state index contributed by atoms with van der Waals surface area (Å²) in [5.41, 5.74) is 2.61. The monoisotopic (exact) mass is 392 g/mol. The minimum absolute atomic E-state index is 0.0255. The van der Waals surface area contributed by atoms with Gasteiger partial charge in [-0.1, -0.05) is 103 Å². The van der Waals surface area contributed by atoms with Crippen LogP contribution in [0.3, 0.4) is 0 Å². The minimum atomic E-state index is 0.0255. The molecule has 0 unspecified atom stereocenters. The maximum atomic E-state index is 11.7. The van der Waals surface area contributed by atoms with Crippen LogP contribution in [0.5, 0.6) is 0 Å². The van der Waals surface area contributed by atoms with E-state index in [0.717, 1.165) is 17.7 Å². The highest BCUT2D eigenvalue weighted by molar-refractivity contribution is 7.11. The summed E-state index contributed by atoms with van der Waals surface area (Å²) in [5.74, 6) is 0.0255. The van der Waals surface area contributed by atoms with Gasteiger partial charge in [0.05, 0.1) is 6.21 Å². The first kappa shape index (κ1) is 23.9. The maximum Gasteiger partial charge on any atom is 0.240 e. The van der Waals surface area contributed by atoms with Crippen molar-refractivity contribution in [3.63, 3.8) is 0 Å². The quantitative estimate of drug-likeness (QED) is 0.157. The molecule has 0 saturated heterocycles. The molecule has 1 aromatic rings. The summed E-state index contributed by atoms with van der Waals surface area (Å²) >= 11 is 1.61. The van der Waals surface area contributed by atoms with Gasteiger partial charge in [-0.05, 0) is 17.9 Å². The Bertz CT molecular complexity index is 471. The van der Waals surface area contributed by atoms with Gasteiger partial charge < -0.3 is 0 Å². The van der Waals surface area contributed by atoms with E-state index in [-0.39, 0.29) is 5.91 Å². The second-order valence-corrected chi connectivity index (χ2v) is 8.49. The number of hydrazone groups is 1. The van der Waals surface area contributed by atoms with Crippen molar-refractivity contribution in [3.8, 4) is 0 Å². The van der Waals surface area contributed by atoms with E-state index in [1.165, 1.54) is 83.5 Å². The van der Waals surface area contributed by atoms with E-state index in [4.69, 9.17) is 0 Å². The lowest BCUT2D eigenvalue weighted by Gasteiger charge is -2.03. The summed E-state index contributed by atoms with van der Waals surface area (Å²) in [6.45, 7) is 2.28. The van der Waals surface area contributed by atoms with Crippen molar-refractivity contribution in [2.45, 2.75) is 110 Å². The summed E-state index contributed by atoms with van der Waals surface area (Å²) in [6, 6.07) is 3.96. The lowest BCUT2D eigenvalue weighted by Crippen LogP contribution is -2.16. The zero-order valence-electron chi connectivity index (χ0n) is 17.4. The van der Waals surface area contributed by atoms with Gasteiger partial charge in [-0.15, -0.1) is 11.3 Å². The number of nitrogens with zero attached hydrogens (tertiary/aromatic N) is 1. The fraction of sp³-hybridized carbons (Fsp3) is 0.739. The molecule has 1 rings (SSSR count). The molecule has 0 fully saturated rings. The van der Waals surface area contributed by atoms with Crippen molar-refractivity contribution >= 4 is 23.5 Å². The SMILES string of the molecule is CCCCCCCCCCCCCCCCCC(=O)NN=Cc1cccs1. The predicted molar refractivity (Wildman–Crippen MR) is 120 cm³/mol. The number of hydrogen-bond donors (Lipinski definition) is 1. The van der Waals surface area contributed by atoms with Crippen molar-refractivity contribution in [1.29, 1.82) is 0 Å². The van der Waals surface area contributed by atoms with Crippen LogP contribution in [0.25, 0.3) is 0 Å². The molecule has 4 heteroatoms. The second kappa shape index (κ2) is 18.2. The number of thiophene rings is 1. The fourth-order valence-electron chi connectivity index (χ4n) is 3.25. The number of carbonyl (C=O) groups is 1. The smallest absolute Gasteiger partial charge is 0.240 e. The largest absolute Gasteiger partial charge is 0.273 e. The molecule has 0 saturated carbocycles. The average Bonchev–Trinajstić information content (AvgIpc) is 3.18. The standard InChI is InChI=1S/C23H40N2OS/c1-2-3-4-5-6-7-8-9-10-11-12-13-14-15-16-19-23(26)25-24-21-22-18-17-20-27-22/h17-18,20-21H,2-16,19H2,1H3,(H,25,26). The highest BCUT2D eigenvalue weighted by atomic mass is 32.1. The third kappa shape index (κ3) is 15.6. The predicted octanol–water partition coefficient (Wildman–Crippen LogP) is 7.46. The Morgan fingerprint density at radius 1 is 0.889 bits per heavy atom. The van der Waals surface area contributed by atoms with Crippen LogP contribution in [0.2, 0.25) is 0 Å². The van der Waals surface area contributed by atoms with Gasteiger partial charge in [-0.25, -0.2) is 5.43 Å². The molecule has 1 N–H and O–H groups in total. The van der Waals surface area contributed by atoms with Crippen LogP contribution in [-0.4, -0.2) is 12.1 Å². The fourth-order valence-corrected chi connectivity index (χ4v) is 3.83. The Morgan fingerprint density at radius 2 is 1.41 bits per heavy atom. The molecule has 1 aromatic heterocycles. The summed E-state index contributed by atoms with van der Waals surface area (Å²) in [7, 11) is 0. The van der Waals surface area contributed by atoms with Crippen molar-refractivity contribution in [1.82, 2.24) is 5.43 Å². The molecule has 3 nitrogen and oxygen atoms in total. The Kier molecular flexibility index (Phi) is 16.1. The minimum Gasteiger partial charge on any atom is -0.273 e. The van der Waals surface area contributed by atoms with Crippen molar-refractivity contribution in [3.05, 3.63) is 22.4 Å². The lowest BCUT2D eigenvalue weighted by atomic mass is 10.0. The van der Waals surface area contributed by atoms with Gasteiger partial charge >= 0.3 is 0 Å². The van der Waals surface area contributed by atoms with Gasteiger partial charge in [0.2, 0.25) is 5.91 Å². The molecule has 27 heavy (non-hydrogen) atoms. The number of carbonyl (C=O) groups excluding carboxylic acids is 1. The Balaban J connectivity index is 1.76. The molecular weight excluding hydrogens is 352 g/mol. The highest BCUT2D eigenvalue weighted by Crippen LogP contribution is 2.13. The van der Waals surface area contributed by atoms with E-state index >= 15 is 0 Å². The van der Waals surface area contributed by atoms with Gasteiger partial charge in [-0.2, -0.15) is 5.10 Å². The Morgan fingerprint density at radius 3 is 1.89 bits per heavy atom. The van der Waals surface area contributed by atoms with E-state index in [1.807, 2.05) is 17.5 Å². The number of nitrogens with one attached hydrogen (secondary N) is 1. The van der Waals surface area contributed by atoms with Crippen molar-refractivity contribution in [2.24, 2.45) is 5.10 Å². The molecule has 0 radical (unpaired) electrons. The van der Waals surface area contributed by atoms with E-state index in [0.29, 0.717) is 6.42 Å². The number of amides is 1. The lowest BCUT2D eigenvalue weighted by molar-refractivity contribution is -0.121. The molecular formula is C23H40N2OS. The summed E-state index contributed by atoms with van der Waals surface area (Å²) in [4.78, 5) is 12.7. The summed E-state index contributed by atoms with van der Waals surface area (Å²) in [5, 5.41) is 5.99. The molecule has 0 aliphatic rings. The zero-order valence-corrected chi connectivity index (χ0v) is 18.2. The van der Waals surface area contributed by atoms with Crippen molar-refractivity contribution < 1.29 is 4.79 Å². The second-order valence-electron chi connectivity index (χ2n) is 7.51.